The first kappa shape index (κ1) is 29.2. The number of hydrogen-bond donors (Lipinski definition) is 0. The quantitative estimate of drug-likeness (QED) is 0.122. The van der Waals surface area contributed by atoms with Gasteiger partial charge in [-0.25, -0.2) is 0 Å². The standard InChI is InChI=1S/C47H35N/c1-3-5-13-37-30-33(4-2)47-32-41(28-29-43(37)47)48(39-24-20-35(21-25-39)34-14-7-6-8-15-34)40-26-22-36(23-27-40)46-31-38-16-9-10-17-42(38)44-18-11-12-19-45(44)46/h3-32,37H,1-2H2/b13-5+. The molecule has 0 spiro atoms. The van der Waals surface area contributed by atoms with E-state index in [2.05, 4.69) is 182 Å². The molecule has 1 aliphatic carbocycles. The van der Waals surface area contributed by atoms with Crippen LogP contribution in [0.25, 0.3) is 49.4 Å². The average Bonchev–Trinajstić information content (AvgIpc) is 3.51. The fraction of sp³-hybridized carbons (Fsp3) is 0.0213. The average molecular weight is 614 g/mol. The Balaban J connectivity index is 1.24. The van der Waals surface area contributed by atoms with E-state index in [0.29, 0.717) is 0 Å². The van der Waals surface area contributed by atoms with Crippen LogP contribution in [0.2, 0.25) is 0 Å². The molecule has 48 heavy (non-hydrogen) atoms. The van der Waals surface area contributed by atoms with Crippen molar-refractivity contribution in [2.45, 2.75) is 5.92 Å². The first-order chi connectivity index (χ1) is 23.7. The molecule has 228 valence electrons. The Morgan fingerprint density at radius 3 is 1.81 bits per heavy atom. The lowest BCUT2D eigenvalue weighted by atomic mass is 9.93. The van der Waals surface area contributed by atoms with Crippen LogP contribution in [0.4, 0.5) is 17.1 Å². The predicted octanol–water partition coefficient (Wildman–Crippen LogP) is 13.2. The third-order valence-corrected chi connectivity index (χ3v) is 9.44. The molecule has 1 aliphatic rings. The summed E-state index contributed by atoms with van der Waals surface area (Å²) in [5, 5.41) is 5.08. The molecule has 0 aliphatic heterocycles. The normalized spacial score (nSPS) is 13.8. The summed E-state index contributed by atoms with van der Waals surface area (Å²) in [6, 6.07) is 54.9. The summed E-state index contributed by atoms with van der Waals surface area (Å²) in [4.78, 5) is 2.35. The van der Waals surface area contributed by atoms with Gasteiger partial charge in [-0.3, -0.25) is 0 Å². The minimum absolute atomic E-state index is 0.203. The SMILES string of the molecule is C=C/C=C/C1C=C(C=C)c2cc(N(c3ccc(-c4ccccc4)cc3)c3ccc(-c4cc5ccccc5c5ccccc45)cc3)ccc21. The van der Waals surface area contributed by atoms with Gasteiger partial charge in [-0.1, -0.05) is 153 Å². The van der Waals surface area contributed by atoms with Crippen molar-refractivity contribution in [3.8, 4) is 22.3 Å². The molecule has 7 aromatic rings. The van der Waals surface area contributed by atoms with Gasteiger partial charge in [-0.2, -0.15) is 0 Å². The first-order valence-corrected chi connectivity index (χ1v) is 16.5. The number of rotatable bonds is 8. The summed E-state index contributed by atoms with van der Waals surface area (Å²) in [6.45, 7) is 8.00. The highest BCUT2D eigenvalue weighted by molar-refractivity contribution is 6.13. The fourth-order valence-corrected chi connectivity index (χ4v) is 7.10. The summed E-state index contributed by atoms with van der Waals surface area (Å²) in [5.74, 6) is 0.203. The molecule has 7 aromatic carbocycles. The second kappa shape index (κ2) is 12.5. The van der Waals surface area contributed by atoms with Gasteiger partial charge in [0.2, 0.25) is 0 Å². The third kappa shape index (κ3) is 5.26. The van der Waals surface area contributed by atoms with Crippen LogP contribution >= 0.6 is 0 Å². The molecule has 0 fully saturated rings. The van der Waals surface area contributed by atoms with E-state index >= 15 is 0 Å². The van der Waals surface area contributed by atoms with Crippen LogP contribution in [0.5, 0.6) is 0 Å². The van der Waals surface area contributed by atoms with Crippen LogP contribution in [0.15, 0.2) is 195 Å². The first-order valence-electron chi connectivity index (χ1n) is 16.5. The molecule has 1 nitrogen and oxygen atoms in total. The van der Waals surface area contributed by atoms with Crippen LogP contribution in [-0.4, -0.2) is 0 Å². The maximum Gasteiger partial charge on any atom is 0.0468 e. The minimum atomic E-state index is 0.203. The number of allylic oxidation sites excluding steroid dienone is 6. The van der Waals surface area contributed by atoms with Crippen molar-refractivity contribution < 1.29 is 0 Å². The molecule has 0 bridgehead atoms. The molecule has 8 rings (SSSR count). The molecule has 0 N–H and O–H groups in total. The van der Waals surface area contributed by atoms with Crippen LogP contribution in [0, 0.1) is 0 Å². The van der Waals surface area contributed by atoms with Crippen LogP contribution in [0.3, 0.4) is 0 Å². The molecule has 0 amide bonds. The third-order valence-electron chi connectivity index (χ3n) is 9.44. The number of nitrogens with zero attached hydrogens (tertiary/aromatic N) is 1. The highest BCUT2D eigenvalue weighted by Crippen LogP contribution is 2.43. The predicted molar refractivity (Wildman–Crippen MR) is 207 cm³/mol. The zero-order valence-corrected chi connectivity index (χ0v) is 26.8. The number of hydrogen-bond acceptors (Lipinski definition) is 1. The zero-order chi connectivity index (χ0) is 32.5. The monoisotopic (exact) mass is 613 g/mol. The second-order valence-electron chi connectivity index (χ2n) is 12.2. The molecule has 0 saturated carbocycles. The Kier molecular flexibility index (Phi) is 7.64. The molecular formula is C47H35N. The van der Waals surface area contributed by atoms with E-state index in [0.717, 1.165) is 22.6 Å². The van der Waals surface area contributed by atoms with Crippen molar-refractivity contribution in [1.82, 2.24) is 0 Å². The zero-order valence-electron chi connectivity index (χ0n) is 26.8. The van der Waals surface area contributed by atoms with Crippen LogP contribution in [-0.2, 0) is 0 Å². The lowest BCUT2D eigenvalue weighted by Gasteiger charge is -2.27. The van der Waals surface area contributed by atoms with Crippen molar-refractivity contribution in [2.75, 3.05) is 4.90 Å². The Morgan fingerprint density at radius 1 is 0.500 bits per heavy atom. The van der Waals surface area contributed by atoms with E-state index < -0.39 is 0 Å². The van der Waals surface area contributed by atoms with Gasteiger partial charge in [0.15, 0.2) is 0 Å². The Morgan fingerprint density at radius 2 is 1.10 bits per heavy atom. The van der Waals surface area contributed by atoms with Gasteiger partial charge in [0.25, 0.3) is 0 Å². The molecule has 1 atom stereocenters. The van der Waals surface area contributed by atoms with Gasteiger partial charge in [0, 0.05) is 23.0 Å². The molecule has 0 heterocycles. The molecule has 1 unspecified atom stereocenters. The van der Waals surface area contributed by atoms with Gasteiger partial charge in [-0.05, 0) is 103 Å². The highest BCUT2D eigenvalue weighted by Gasteiger charge is 2.23. The lowest BCUT2D eigenvalue weighted by molar-refractivity contribution is 1.11. The maximum absolute atomic E-state index is 4.14. The van der Waals surface area contributed by atoms with E-state index in [-0.39, 0.29) is 5.92 Å². The van der Waals surface area contributed by atoms with Crippen molar-refractivity contribution in [1.29, 1.82) is 0 Å². The molecule has 1 heteroatoms. The van der Waals surface area contributed by atoms with Crippen molar-refractivity contribution in [3.63, 3.8) is 0 Å². The van der Waals surface area contributed by atoms with Crippen molar-refractivity contribution >= 4 is 44.2 Å². The Bertz CT molecular complexity index is 2360. The van der Waals surface area contributed by atoms with Crippen molar-refractivity contribution in [2.24, 2.45) is 0 Å². The van der Waals surface area contributed by atoms with Gasteiger partial charge in [-0.15, -0.1) is 0 Å². The van der Waals surface area contributed by atoms with E-state index in [4.69, 9.17) is 0 Å². The number of fused-ring (bicyclic) bond motifs is 4. The number of benzene rings is 7. The van der Waals surface area contributed by atoms with Gasteiger partial charge in [0.05, 0.1) is 0 Å². The molecule has 0 radical (unpaired) electrons. The minimum Gasteiger partial charge on any atom is -0.310 e. The summed E-state index contributed by atoms with van der Waals surface area (Å²) in [6.07, 6.45) is 10.3. The van der Waals surface area contributed by atoms with Gasteiger partial charge >= 0.3 is 0 Å². The smallest absolute Gasteiger partial charge is 0.0468 e. The van der Waals surface area contributed by atoms with E-state index in [9.17, 15) is 0 Å². The number of anilines is 3. The lowest BCUT2D eigenvalue weighted by Crippen LogP contribution is -2.10. The topological polar surface area (TPSA) is 3.24 Å². The highest BCUT2D eigenvalue weighted by atomic mass is 15.1. The second-order valence-corrected chi connectivity index (χ2v) is 12.2. The van der Waals surface area contributed by atoms with Crippen molar-refractivity contribution in [3.05, 3.63) is 206 Å². The summed E-state index contributed by atoms with van der Waals surface area (Å²) >= 11 is 0. The molecular weight excluding hydrogens is 579 g/mol. The van der Waals surface area contributed by atoms with Crippen LogP contribution in [0.1, 0.15) is 17.0 Å². The van der Waals surface area contributed by atoms with Crippen LogP contribution < -0.4 is 4.90 Å². The van der Waals surface area contributed by atoms with E-state index in [1.807, 2.05) is 18.2 Å². The maximum atomic E-state index is 4.14. The Hall–Kier alpha value is -6.18. The summed E-state index contributed by atoms with van der Waals surface area (Å²) < 4.78 is 0. The molecule has 0 saturated heterocycles. The summed E-state index contributed by atoms with van der Waals surface area (Å²) in [5.41, 5.74) is 11.8. The largest absolute Gasteiger partial charge is 0.310 e. The fourth-order valence-electron chi connectivity index (χ4n) is 7.10. The molecule has 0 aromatic heterocycles. The summed E-state index contributed by atoms with van der Waals surface area (Å²) in [7, 11) is 0. The van der Waals surface area contributed by atoms with Gasteiger partial charge in [0.1, 0.15) is 0 Å². The van der Waals surface area contributed by atoms with E-state index in [1.165, 1.54) is 54.9 Å². The van der Waals surface area contributed by atoms with Gasteiger partial charge < -0.3 is 4.90 Å². The van der Waals surface area contributed by atoms with E-state index in [1.54, 1.807) is 0 Å². The Labute approximate surface area is 282 Å².